The quantitative estimate of drug-likeness (QED) is 0.357. The summed E-state index contributed by atoms with van der Waals surface area (Å²) in [6.45, 7) is 0.941. The Morgan fingerprint density at radius 1 is 1.24 bits per heavy atom. The van der Waals surface area contributed by atoms with Gasteiger partial charge in [0.25, 0.3) is 0 Å². The van der Waals surface area contributed by atoms with Gasteiger partial charge in [-0.15, -0.1) is 0 Å². The topological polar surface area (TPSA) is 82.9 Å². The number of halogens is 3. The SMILES string of the molecule is COc1ccc2nccc([C@@H](O)CC[C@@H]3CCN(CC#Cc4cc(F)cc(F)c4F)C[C@@H]3C(=O)O)c2c1. The second-order valence-electron chi connectivity index (χ2n) is 9.16. The van der Waals surface area contributed by atoms with Gasteiger partial charge in [0, 0.05) is 24.2 Å². The lowest BCUT2D eigenvalue weighted by Crippen LogP contribution is -2.44. The number of aliphatic carboxylic acids is 1. The molecule has 194 valence electrons. The number of likely N-dealkylation sites (tertiary alicyclic amines) is 1. The van der Waals surface area contributed by atoms with Gasteiger partial charge in [0.15, 0.2) is 11.6 Å². The third-order valence-corrected chi connectivity index (χ3v) is 6.83. The van der Waals surface area contributed by atoms with Crippen molar-refractivity contribution < 1.29 is 32.9 Å². The molecular formula is C28H27F3N2O4. The number of carbonyl (C=O) groups is 1. The number of hydrogen-bond donors (Lipinski definition) is 2. The van der Waals surface area contributed by atoms with Crippen LogP contribution in [0.4, 0.5) is 13.2 Å². The molecule has 0 bridgehead atoms. The van der Waals surface area contributed by atoms with Crippen molar-refractivity contribution in [3.05, 3.63) is 71.2 Å². The molecule has 2 heterocycles. The number of hydrogen-bond acceptors (Lipinski definition) is 5. The van der Waals surface area contributed by atoms with Gasteiger partial charge in [-0.25, -0.2) is 13.2 Å². The highest BCUT2D eigenvalue weighted by Gasteiger charge is 2.34. The van der Waals surface area contributed by atoms with Crippen LogP contribution in [-0.4, -0.2) is 52.8 Å². The minimum Gasteiger partial charge on any atom is -0.497 e. The summed E-state index contributed by atoms with van der Waals surface area (Å²) in [5, 5.41) is 21.6. The van der Waals surface area contributed by atoms with E-state index in [1.807, 2.05) is 17.0 Å². The molecule has 9 heteroatoms. The second kappa shape index (κ2) is 11.6. The molecule has 0 saturated carbocycles. The average Bonchev–Trinajstić information content (AvgIpc) is 2.89. The number of rotatable bonds is 7. The summed E-state index contributed by atoms with van der Waals surface area (Å²) in [6, 6.07) is 8.48. The van der Waals surface area contributed by atoms with Crippen molar-refractivity contribution in [2.45, 2.75) is 25.4 Å². The van der Waals surface area contributed by atoms with Crippen molar-refractivity contribution in [3.63, 3.8) is 0 Å². The van der Waals surface area contributed by atoms with E-state index in [0.717, 1.165) is 17.0 Å². The smallest absolute Gasteiger partial charge is 0.308 e. The molecule has 1 aromatic heterocycles. The van der Waals surface area contributed by atoms with E-state index in [1.165, 1.54) is 0 Å². The van der Waals surface area contributed by atoms with Gasteiger partial charge in [-0.2, -0.15) is 0 Å². The number of benzene rings is 2. The molecule has 0 aliphatic carbocycles. The number of pyridine rings is 1. The Morgan fingerprint density at radius 3 is 2.81 bits per heavy atom. The zero-order valence-corrected chi connectivity index (χ0v) is 20.3. The lowest BCUT2D eigenvalue weighted by molar-refractivity contribution is -0.146. The largest absolute Gasteiger partial charge is 0.497 e. The first kappa shape index (κ1) is 26.5. The van der Waals surface area contributed by atoms with Crippen LogP contribution in [0.2, 0.25) is 0 Å². The van der Waals surface area contributed by atoms with Crippen LogP contribution < -0.4 is 4.74 Å². The van der Waals surface area contributed by atoms with Crippen molar-refractivity contribution in [2.75, 3.05) is 26.7 Å². The Kier molecular flexibility index (Phi) is 8.31. The summed E-state index contributed by atoms with van der Waals surface area (Å²) in [7, 11) is 1.57. The zero-order chi connectivity index (χ0) is 26.5. The number of nitrogens with zero attached hydrogens (tertiary/aromatic N) is 2. The Balaban J connectivity index is 1.39. The van der Waals surface area contributed by atoms with E-state index in [0.29, 0.717) is 43.2 Å². The molecular weight excluding hydrogens is 485 g/mol. The van der Waals surface area contributed by atoms with Crippen molar-refractivity contribution in [1.82, 2.24) is 9.88 Å². The highest BCUT2D eigenvalue weighted by molar-refractivity contribution is 5.83. The second-order valence-corrected chi connectivity index (χ2v) is 9.16. The zero-order valence-electron chi connectivity index (χ0n) is 20.3. The van der Waals surface area contributed by atoms with E-state index in [1.54, 1.807) is 25.4 Å². The van der Waals surface area contributed by atoms with Crippen molar-refractivity contribution >= 4 is 16.9 Å². The molecule has 37 heavy (non-hydrogen) atoms. The predicted molar refractivity (Wildman–Crippen MR) is 131 cm³/mol. The molecule has 1 aliphatic rings. The van der Waals surface area contributed by atoms with Crippen LogP contribution in [0.25, 0.3) is 10.9 Å². The first-order valence-electron chi connectivity index (χ1n) is 12.0. The highest BCUT2D eigenvalue weighted by atomic mass is 19.2. The summed E-state index contributed by atoms with van der Waals surface area (Å²) in [5.41, 5.74) is 1.07. The van der Waals surface area contributed by atoms with Crippen LogP contribution >= 0.6 is 0 Å². The van der Waals surface area contributed by atoms with Crippen molar-refractivity contribution in [3.8, 4) is 17.6 Å². The lowest BCUT2D eigenvalue weighted by Gasteiger charge is -2.36. The van der Waals surface area contributed by atoms with Crippen molar-refractivity contribution in [1.29, 1.82) is 0 Å². The number of carboxylic acids is 1. The first-order valence-corrected chi connectivity index (χ1v) is 12.0. The molecule has 0 unspecified atom stereocenters. The van der Waals surface area contributed by atoms with Crippen LogP contribution in [0.15, 0.2) is 42.6 Å². The molecule has 0 amide bonds. The fraction of sp³-hybridized carbons (Fsp3) is 0.357. The Bertz CT molecular complexity index is 1350. The molecule has 0 radical (unpaired) electrons. The van der Waals surface area contributed by atoms with Gasteiger partial charge in [-0.05, 0) is 67.6 Å². The van der Waals surface area contributed by atoms with E-state index >= 15 is 0 Å². The third-order valence-electron chi connectivity index (χ3n) is 6.83. The molecule has 6 nitrogen and oxygen atoms in total. The number of methoxy groups -OCH3 is 1. The maximum Gasteiger partial charge on any atom is 0.308 e. The average molecular weight is 513 g/mol. The Hall–Kier alpha value is -3.61. The number of carboxylic acid groups (broad SMARTS) is 1. The summed E-state index contributed by atoms with van der Waals surface area (Å²) < 4.78 is 45.8. The fourth-order valence-corrected chi connectivity index (χ4v) is 4.82. The Morgan fingerprint density at radius 2 is 2.05 bits per heavy atom. The van der Waals surface area contributed by atoms with Crippen LogP contribution in [-0.2, 0) is 4.79 Å². The third kappa shape index (κ3) is 6.21. The maximum atomic E-state index is 13.8. The monoisotopic (exact) mass is 512 g/mol. The fourth-order valence-electron chi connectivity index (χ4n) is 4.82. The molecule has 2 aromatic carbocycles. The molecule has 1 saturated heterocycles. The van der Waals surface area contributed by atoms with E-state index in [-0.39, 0.29) is 24.6 Å². The number of ether oxygens (including phenoxy) is 1. The number of fused-ring (bicyclic) bond motifs is 1. The molecule has 3 aromatic rings. The summed E-state index contributed by atoms with van der Waals surface area (Å²) in [5.74, 6) is 0.595. The molecule has 1 aliphatic heterocycles. The normalized spacial score (nSPS) is 18.7. The Labute approximate surface area is 212 Å². The van der Waals surface area contributed by atoms with E-state index < -0.39 is 35.4 Å². The molecule has 3 atom stereocenters. The highest BCUT2D eigenvalue weighted by Crippen LogP contribution is 2.33. The predicted octanol–water partition coefficient (Wildman–Crippen LogP) is 4.55. The summed E-state index contributed by atoms with van der Waals surface area (Å²) in [6.07, 6.45) is 2.32. The van der Waals surface area contributed by atoms with E-state index in [2.05, 4.69) is 16.8 Å². The minimum atomic E-state index is -1.31. The first-order chi connectivity index (χ1) is 17.8. The number of piperidine rings is 1. The van der Waals surface area contributed by atoms with Crippen LogP contribution in [0.5, 0.6) is 5.75 Å². The van der Waals surface area contributed by atoms with Gasteiger partial charge in [0.2, 0.25) is 0 Å². The molecule has 1 fully saturated rings. The van der Waals surface area contributed by atoms with Crippen LogP contribution in [0, 0.1) is 41.1 Å². The van der Waals surface area contributed by atoms with Gasteiger partial charge in [-0.3, -0.25) is 14.7 Å². The molecule has 2 N–H and O–H groups in total. The van der Waals surface area contributed by atoms with Gasteiger partial charge < -0.3 is 14.9 Å². The van der Waals surface area contributed by atoms with Gasteiger partial charge in [0.05, 0.1) is 36.8 Å². The molecule has 0 spiro atoms. The van der Waals surface area contributed by atoms with Gasteiger partial charge in [0.1, 0.15) is 11.6 Å². The summed E-state index contributed by atoms with van der Waals surface area (Å²) in [4.78, 5) is 18.2. The van der Waals surface area contributed by atoms with Gasteiger partial charge >= 0.3 is 5.97 Å². The molecule has 4 rings (SSSR count). The van der Waals surface area contributed by atoms with Gasteiger partial charge in [-0.1, -0.05) is 11.8 Å². The number of aliphatic hydroxyl groups is 1. The van der Waals surface area contributed by atoms with Crippen LogP contribution in [0.3, 0.4) is 0 Å². The van der Waals surface area contributed by atoms with Crippen LogP contribution in [0.1, 0.15) is 36.5 Å². The standard InChI is InChI=1S/C28H27F3N2O4/c1-37-20-5-6-25-22(15-20)21(8-10-32-25)26(34)7-4-17-9-12-33(16-23(17)28(35)36)11-2-3-18-13-19(29)14-24(30)27(18)31/h5-6,8,10,13-15,17,23,26,34H,4,7,9,11-12,16H2,1H3,(H,35,36)/t17-,23+,26+/m1/s1. The maximum absolute atomic E-state index is 13.8. The lowest BCUT2D eigenvalue weighted by atomic mass is 9.81. The minimum absolute atomic E-state index is 0.140. The van der Waals surface area contributed by atoms with E-state index in [9.17, 15) is 28.2 Å². The number of aliphatic hydroxyl groups excluding tert-OH is 1. The van der Waals surface area contributed by atoms with Crippen molar-refractivity contribution in [2.24, 2.45) is 11.8 Å². The summed E-state index contributed by atoms with van der Waals surface area (Å²) >= 11 is 0. The number of aromatic nitrogens is 1. The van der Waals surface area contributed by atoms with E-state index in [4.69, 9.17) is 4.74 Å².